The fourth-order valence-corrected chi connectivity index (χ4v) is 8.20. The van der Waals surface area contributed by atoms with Crippen LogP contribution in [0.1, 0.15) is 0 Å². The molecule has 0 spiro atoms. The fraction of sp³-hybridized carbons (Fsp3) is 0. The zero-order valence-corrected chi connectivity index (χ0v) is 27.5. The van der Waals surface area contributed by atoms with Crippen molar-refractivity contribution in [3.8, 4) is 28.3 Å². The van der Waals surface area contributed by atoms with Crippen LogP contribution in [-0.2, 0) is 0 Å². The van der Waals surface area contributed by atoms with Crippen LogP contribution in [0.2, 0.25) is 0 Å². The summed E-state index contributed by atoms with van der Waals surface area (Å²) >= 11 is 0. The summed E-state index contributed by atoms with van der Waals surface area (Å²) in [5.41, 5.74) is 11.2. The highest BCUT2D eigenvalue weighted by molar-refractivity contribution is 6.20. The summed E-state index contributed by atoms with van der Waals surface area (Å²) in [5.74, 6) is 0.593. The molecule has 12 aromatic rings. The molecule has 0 saturated carbocycles. The van der Waals surface area contributed by atoms with Crippen LogP contribution < -0.4 is 0 Å². The molecule has 6 nitrogen and oxygen atoms in total. The molecule has 0 aliphatic rings. The predicted molar refractivity (Wildman–Crippen MR) is 209 cm³/mol. The number of nitrogens with zero attached hydrogens (tertiary/aromatic N) is 3. The molecule has 0 amide bonds. The number of benzene rings is 7. The summed E-state index contributed by atoms with van der Waals surface area (Å²) in [7, 11) is 0. The van der Waals surface area contributed by atoms with Crippen LogP contribution in [0.3, 0.4) is 0 Å². The maximum Gasteiger partial charge on any atom is 0.180 e. The van der Waals surface area contributed by atoms with Crippen molar-refractivity contribution in [1.82, 2.24) is 14.5 Å². The average molecular weight is 668 g/mol. The monoisotopic (exact) mass is 667 g/mol. The van der Waals surface area contributed by atoms with E-state index in [1.807, 2.05) is 66.7 Å². The minimum absolute atomic E-state index is 0.593. The Morgan fingerprint density at radius 3 is 1.77 bits per heavy atom. The molecule has 0 radical (unpaired) electrons. The lowest BCUT2D eigenvalue weighted by Gasteiger charge is -2.09. The molecular weight excluding hydrogens is 643 g/mol. The average Bonchev–Trinajstić information content (AvgIpc) is 3.95. The largest absolute Gasteiger partial charge is 0.456 e. The van der Waals surface area contributed by atoms with Crippen molar-refractivity contribution in [1.29, 1.82) is 0 Å². The molecule has 0 atom stereocenters. The van der Waals surface area contributed by atoms with Gasteiger partial charge in [0.05, 0.1) is 11.0 Å². The topological polar surface area (TPSA) is 70.1 Å². The van der Waals surface area contributed by atoms with Gasteiger partial charge in [0, 0.05) is 54.5 Å². The van der Waals surface area contributed by atoms with Crippen molar-refractivity contribution in [3.05, 3.63) is 152 Å². The fourth-order valence-electron chi connectivity index (χ4n) is 8.20. The summed E-state index contributed by atoms with van der Waals surface area (Å²) in [5, 5.41) is 7.20. The molecule has 0 fully saturated rings. The van der Waals surface area contributed by atoms with Gasteiger partial charge in [-0.2, -0.15) is 0 Å². The van der Waals surface area contributed by atoms with Crippen LogP contribution in [-0.4, -0.2) is 14.5 Å². The van der Waals surface area contributed by atoms with Crippen molar-refractivity contribution in [2.75, 3.05) is 0 Å². The lowest BCUT2D eigenvalue weighted by atomic mass is 10.0. The van der Waals surface area contributed by atoms with E-state index in [4.69, 9.17) is 23.2 Å². The third-order valence-electron chi connectivity index (χ3n) is 10.4. The van der Waals surface area contributed by atoms with Crippen molar-refractivity contribution in [2.45, 2.75) is 0 Å². The number of hydrogen-bond donors (Lipinski definition) is 0. The maximum absolute atomic E-state index is 6.90. The Kier molecular flexibility index (Phi) is 5.41. The van der Waals surface area contributed by atoms with Gasteiger partial charge in [0.15, 0.2) is 11.4 Å². The predicted octanol–water partition coefficient (Wildman–Crippen LogP) is 12.6. The first-order valence-electron chi connectivity index (χ1n) is 17.3. The van der Waals surface area contributed by atoms with Gasteiger partial charge in [-0.25, -0.2) is 9.97 Å². The summed E-state index contributed by atoms with van der Waals surface area (Å²) in [4.78, 5) is 10.8. The van der Waals surface area contributed by atoms with Crippen molar-refractivity contribution >= 4 is 87.8 Å². The Bertz CT molecular complexity index is 3420. The van der Waals surface area contributed by atoms with E-state index in [1.54, 1.807) is 0 Å². The van der Waals surface area contributed by atoms with Gasteiger partial charge in [-0.3, -0.25) is 0 Å². The number of hydrogen-bond acceptors (Lipinski definition) is 5. The summed E-state index contributed by atoms with van der Waals surface area (Å²) in [6.07, 6.45) is 0. The second kappa shape index (κ2) is 10.2. The van der Waals surface area contributed by atoms with E-state index >= 15 is 0 Å². The first-order chi connectivity index (χ1) is 25.8. The molecule has 0 unspecified atom stereocenters. The molecule has 5 heterocycles. The second-order valence-electron chi connectivity index (χ2n) is 13.3. The number of para-hydroxylation sites is 4. The van der Waals surface area contributed by atoms with E-state index in [9.17, 15) is 0 Å². The van der Waals surface area contributed by atoms with Gasteiger partial charge >= 0.3 is 0 Å². The third kappa shape index (κ3) is 3.72. The first kappa shape index (κ1) is 27.6. The molecular formula is C46H25N3O3. The molecule has 0 saturated heterocycles. The molecule has 0 aliphatic heterocycles. The zero-order valence-electron chi connectivity index (χ0n) is 27.5. The van der Waals surface area contributed by atoms with Crippen LogP contribution >= 0.6 is 0 Å². The van der Waals surface area contributed by atoms with E-state index in [0.717, 1.165) is 99.0 Å². The highest BCUT2D eigenvalue weighted by atomic mass is 16.3. The first-order valence-corrected chi connectivity index (χ1v) is 17.3. The molecule has 0 N–H and O–H groups in total. The molecule has 242 valence electrons. The molecule has 6 heteroatoms. The van der Waals surface area contributed by atoms with Crippen LogP contribution in [0.5, 0.6) is 0 Å². The highest BCUT2D eigenvalue weighted by Crippen LogP contribution is 2.44. The zero-order chi connectivity index (χ0) is 33.9. The van der Waals surface area contributed by atoms with Crippen LogP contribution in [0, 0.1) is 0 Å². The van der Waals surface area contributed by atoms with E-state index < -0.39 is 0 Å². The van der Waals surface area contributed by atoms with Crippen molar-refractivity contribution in [3.63, 3.8) is 0 Å². The minimum Gasteiger partial charge on any atom is -0.456 e. The van der Waals surface area contributed by atoms with Gasteiger partial charge in [-0.15, -0.1) is 0 Å². The van der Waals surface area contributed by atoms with E-state index in [-0.39, 0.29) is 0 Å². The van der Waals surface area contributed by atoms with Crippen LogP contribution in [0.25, 0.3) is 116 Å². The quantitative estimate of drug-likeness (QED) is 0.188. The molecule has 0 aliphatic carbocycles. The molecule has 12 rings (SSSR count). The Labute approximate surface area is 294 Å². The Morgan fingerprint density at radius 2 is 1.02 bits per heavy atom. The van der Waals surface area contributed by atoms with Crippen molar-refractivity contribution < 1.29 is 13.3 Å². The SMILES string of the molecule is c1ccc(-n2c3ccccc3c3cc4oc5c(-c6cccc7oc8ccccc8c67)nc(-c6cccc7oc8ccccc8c67)nc5c4cc32)cc1. The Morgan fingerprint density at radius 1 is 0.404 bits per heavy atom. The smallest absolute Gasteiger partial charge is 0.180 e. The molecule has 7 aromatic carbocycles. The molecule has 5 aromatic heterocycles. The van der Waals surface area contributed by atoms with E-state index in [2.05, 4.69) is 89.5 Å². The van der Waals surface area contributed by atoms with Gasteiger partial charge in [-0.1, -0.05) is 97.1 Å². The normalized spacial score (nSPS) is 12.2. The summed E-state index contributed by atoms with van der Waals surface area (Å²) in [6, 6.07) is 51.9. The lowest BCUT2D eigenvalue weighted by Crippen LogP contribution is -1.95. The number of aromatic nitrogens is 3. The van der Waals surface area contributed by atoms with E-state index in [0.29, 0.717) is 17.1 Å². The summed E-state index contributed by atoms with van der Waals surface area (Å²) in [6.45, 7) is 0. The number of furan rings is 3. The Balaban J connectivity index is 1.24. The third-order valence-corrected chi connectivity index (χ3v) is 10.4. The Hall–Kier alpha value is -7.18. The van der Waals surface area contributed by atoms with Crippen molar-refractivity contribution in [2.24, 2.45) is 0 Å². The minimum atomic E-state index is 0.593. The second-order valence-corrected chi connectivity index (χ2v) is 13.3. The number of rotatable bonds is 3. The molecule has 52 heavy (non-hydrogen) atoms. The lowest BCUT2D eigenvalue weighted by molar-refractivity contribution is 0.667. The number of fused-ring (bicyclic) bond motifs is 12. The van der Waals surface area contributed by atoms with E-state index in [1.165, 1.54) is 0 Å². The van der Waals surface area contributed by atoms with Gasteiger partial charge in [-0.05, 0) is 54.6 Å². The highest BCUT2D eigenvalue weighted by Gasteiger charge is 2.24. The van der Waals surface area contributed by atoms with Gasteiger partial charge in [0.2, 0.25) is 0 Å². The maximum atomic E-state index is 6.90. The van der Waals surface area contributed by atoms with Gasteiger partial charge in [0.1, 0.15) is 39.1 Å². The summed E-state index contributed by atoms with van der Waals surface area (Å²) < 4.78 is 21.9. The van der Waals surface area contributed by atoms with Crippen LogP contribution in [0.15, 0.2) is 165 Å². The molecule has 0 bridgehead atoms. The standard InChI is InChI=1S/C46H25N3O3/c1-2-12-26(13-3-1)49-34-19-7-4-14-27(34)32-25-40-33(24-35(32)49)44-45(52-40)43(30-17-10-22-38-41(30)28-15-5-8-20-36(28)50-38)47-46(48-44)31-18-11-23-39-42(31)29-16-6-9-21-37(29)51-39/h1-25H. The van der Waals surface area contributed by atoms with Gasteiger partial charge in [0.25, 0.3) is 0 Å². The van der Waals surface area contributed by atoms with Crippen LogP contribution in [0.4, 0.5) is 0 Å². The van der Waals surface area contributed by atoms with Gasteiger partial charge < -0.3 is 17.8 Å².